The quantitative estimate of drug-likeness (QED) is 0.0940. The fourth-order valence-electron chi connectivity index (χ4n) is 19.8. The van der Waals surface area contributed by atoms with E-state index in [4.69, 9.17) is 38.7 Å². The van der Waals surface area contributed by atoms with Crippen molar-refractivity contribution in [1.29, 1.82) is 0 Å². The van der Waals surface area contributed by atoms with Gasteiger partial charge in [0.05, 0.1) is 32.8 Å². The molecule has 10 nitrogen and oxygen atoms in total. The van der Waals surface area contributed by atoms with Crippen LogP contribution in [0.1, 0.15) is 0 Å². The lowest BCUT2D eigenvalue weighted by molar-refractivity contribution is 0.669. The van der Waals surface area contributed by atoms with Gasteiger partial charge in [0, 0.05) is 82.6 Å². The van der Waals surface area contributed by atoms with Gasteiger partial charge in [-0.05, 0) is 181 Å². The van der Waals surface area contributed by atoms with Gasteiger partial charge < -0.3 is 18.0 Å². The number of hydrogen-bond acceptors (Lipinski definition) is 8. The molecule has 0 spiro atoms. The molecule has 0 aliphatic rings. The van der Waals surface area contributed by atoms with E-state index in [0.717, 1.165) is 177 Å². The van der Waals surface area contributed by atoms with Gasteiger partial charge >= 0.3 is 0 Å². The molecule has 0 fully saturated rings. The first-order chi connectivity index (χ1) is 67.4. The van der Waals surface area contributed by atoms with Crippen LogP contribution in [-0.4, -0.2) is 39.0 Å². The van der Waals surface area contributed by atoms with E-state index in [0.29, 0.717) is 34.9 Å². The molecule has 26 rings (SSSR count). The average molecular weight is 1740 g/mol. The topological polar surface area (TPSA) is 113 Å². The SMILES string of the molecule is c1ccc(-c2nc(-c3ccccc3)nc(-c3cc(-c4ccc(-c5ccccc5)c(-c5ccccc5)c4)ccc3-c3ccc4c(c3)oc3ccc5c6ccccc6n(-c6ccccc6)c5c34)n2)cc1.c1ccc(-c2nc(-c3ccccc3)nc(-c3cc(-c4ccc(-c5ccccc5)c(-c5ccccc5)c4)ccc3-c3cccc4c3oc3ccc5c6ccccc6n(-c6ccccc6)c5c34)n2)cc1. The number of fused-ring (bicyclic) bond motifs is 14. The normalized spacial score (nSPS) is 11.5. The Kier molecular flexibility index (Phi) is 20.0. The van der Waals surface area contributed by atoms with Crippen molar-refractivity contribution >= 4 is 87.5 Å². The molecule has 0 aliphatic carbocycles. The molecule has 0 unspecified atom stereocenters. The molecular formula is C126H80N8O2. The van der Waals surface area contributed by atoms with Crippen LogP contribution in [0, 0.1) is 0 Å². The van der Waals surface area contributed by atoms with Gasteiger partial charge in [0.15, 0.2) is 34.9 Å². The molecule has 0 bridgehead atoms. The molecule has 0 amide bonds. The maximum atomic E-state index is 7.08. The summed E-state index contributed by atoms with van der Waals surface area (Å²) in [7, 11) is 0. The van der Waals surface area contributed by atoms with Crippen molar-refractivity contribution in [2.45, 2.75) is 0 Å². The number of aromatic nitrogens is 8. The number of hydrogen-bond donors (Lipinski definition) is 0. The van der Waals surface area contributed by atoms with Crippen molar-refractivity contribution in [2.24, 2.45) is 0 Å². The van der Waals surface area contributed by atoms with Crippen LogP contribution in [-0.2, 0) is 0 Å². The minimum Gasteiger partial charge on any atom is -0.456 e. The molecule has 6 heterocycles. The third-order valence-corrected chi connectivity index (χ3v) is 26.2. The van der Waals surface area contributed by atoms with E-state index in [9.17, 15) is 0 Å². The molecule has 6 aromatic heterocycles. The number of benzene rings is 20. The summed E-state index contributed by atoms with van der Waals surface area (Å²) in [6.45, 7) is 0. The molecule has 0 N–H and O–H groups in total. The van der Waals surface area contributed by atoms with E-state index < -0.39 is 0 Å². The predicted molar refractivity (Wildman–Crippen MR) is 559 cm³/mol. The summed E-state index contributed by atoms with van der Waals surface area (Å²) in [5.41, 5.74) is 32.8. The van der Waals surface area contributed by atoms with Gasteiger partial charge in [-0.15, -0.1) is 0 Å². The third kappa shape index (κ3) is 14.4. The molecule has 636 valence electrons. The summed E-state index contributed by atoms with van der Waals surface area (Å²) < 4.78 is 18.7. The first kappa shape index (κ1) is 79.8. The van der Waals surface area contributed by atoms with Crippen molar-refractivity contribution in [1.82, 2.24) is 39.0 Å². The summed E-state index contributed by atoms with van der Waals surface area (Å²) in [4.78, 5) is 31.3. The Bertz CT molecular complexity index is 8930. The Morgan fingerprint density at radius 1 is 0.154 bits per heavy atom. The van der Waals surface area contributed by atoms with Crippen molar-refractivity contribution < 1.29 is 8.83 Å². The van der Waals surface area contributed by atoms with Gasteiger partial charge in [0.2, 0.25) is 0 Å². The number of para-hydroxylation sites is 5. The molecule has 136 heavy (non-hydrogen) atoms. The van der Waals surface area contributed by atoms with Gasteiger partial charge in [-0.2, -0.15) is 0 Å². The lowest BCUT2D eigenvalue weighted by Crippen LogP contribution is -2.01. The molecule has 0 saturated heterocycles. The highest BCUT2D eigenvalue weighted by molar-refractivity contribution is 6.27. The Morgan fingerprint density at radius 3 is 0.853 bits per heavy atom. The largest absolute Gasteiger partial charge is 0.456 e. The number of furan rings is 2. The van der Waals surface area contributed by atoms with Crippen LogP contribution in [0.2, 0.25) is 0 Å². The smallest absolute Gasteiger partial charge is 0.164 e. The Morgan fingerprint density at radius 2 is 0.449 bits per heavy atom. The summed E-state index contributed by atoms with van der Waals surface area (Å²) in [6.07, 6.45) is 0. The zero-order chi connectivity index (χ0) is 89.9. The summed E-state index contributed by atoms with van der Waals surface area (Å²) in [5.74, 6) is 3.56. The zero-order valence-corrected chi connectivity index (χ0v) is 73.6. The second-order valence-electron chi connectivity index (χ2n) is 34.2. The van der Waals surface area contributed by atoms with E-state index in [2.05, 4.69) is 397 Å². The molecular weight excluding hydrogens is 1660 g/mol. The van der Waals surface area contributed by atoms with E-state index >= 15 is 0 Å². The zero-order valence-electron chi connectivity index (χ0n) is 73.6. The second kappa shape index (κ2) is 34.2. The summed E-state index contributed by atoms with van der Waals surface area (Å²) in [5, 5.41) is 9.01. The van der Waals surface area contributed by atoms with Crippen LogP contribution >= 0.6 is 0 Å². The Hall–Kier alpha value is -18.4. The molecule has 0 atom stereocenters. The number of rotatable bonds is 16. The van der Waals surface area contributed by atoms with Gasteiger partial charge in [0.25, 0.3) is 0 Å². The maximum Gasteiger partial charge on any atom is 0.164 e. The highest BCUT2D eigenvalue weighted by Gasteiger charge is 2.28. The van der Waals surface area contributed by atoms with Crippen LogP contribution < -0.4 is 0 Å². The fourth-order valence-corrected chi connectivity index (χ4v) is 19.8. The van der Waals surface area contributed by atoms with Gasteiger partial charge in [-0.3, -0.25) is 0 Å². The first-order valence-electron chi connectivity index (χ1n) is 45.9. The van der Waals surface area contributed by atoms with Crippen molar-refractivity contribution in [2.75, 3.05) is 0 Å². The van der Waals surface area contributed by atoms with Crippen molar-refractivity contribution in [3.8, 4) is 169 Å². The second-order valence-corrected chi connectivity index (χ2v) is 34.2. The van der Waals surface area contributed by atoms with E-state index in [-0.39, 0.29) is 0 Å². The summed E-state index contributed by atoms with van der Waals surface area (Å²) in [6, 6.07) is 170. The molecule has 0 saturated carbocycles. The minimum atomic E-state index is 0.568. The average Bonchev–Trinajstić information content (AvgIpc) is 1.56. The van der Waals surface area contributed by atoms with E-state index in [1.54, 1.807) is 0 Å². The molecule has 20 aromatic carbocycles. The summed E-state index contributed by atoms with van der Waals surface area (Å²) >= 11 is 0. The fraction of sp³-hybridized carbons (Fsp3) is 0. The third-order valence-electron chi connectivity index (χ3n) is 26.2. The van der Waals surface area contributed by atoms with Gasteiger partial charge in [0.1, 0.15) is 22.3 Å². The maximum absolute atomic E-state index is 7.08. The lowest BCUT2D eigenvalue weighted by atomic mass is 9.89. The number of nitrogens with zero attached hydrogens (tertiary/aromatic N) is 8. The Balaban J connectivity index is 0.000000145. The van der Waals surface area contributed by atoms with Gasteiger partial charge in [-0.25, -0.2) is 29.9 Å². The molecule has 10 heteroatoms. The molecule has 0 aliphatic heterocycles. The highest BCUT2D eigenvalue weighted by Crippen LogP contribution is 2.50. The van der Waals surface area contributed by atoms with E-state index in [1.165, 1.54) is 43.8 Å². The molecule has 26 aromatic rings. The lowest BCUT2D eigenvalue weighted by Gasteiger charge is -2.16. The minimum absolute atomic E-state index is 0.568. The van der Waals surface area contributed by atoms with Crippen LogP contribution in [0.4, 0.5) is 0 Å². The predicted octanol–water partition coefficient (Wildman–Crippen LogP) is 33.1. The highest BCUT2D eigenvalue weighted by atomic mass is 16.3. The van der Waals surface area contributed by atoms with Crippen LogP contribution in [0.5, 0.6) is 0 Å². The monoisotopic (exact) mass is 1740 g/mol. The van der Waals surface area contributed by atoms with Gasteiger partial charge in [-0.1, -0.05) is 388 Å². The van der Waals surface area contributed by atoms with Crippen LogP contribution in [0.25, 0.3) is 256 Å². The van der Waals surface area contributed by atoms with Crippen LogP contribution in [0.15, 0.2) is 494 Å². The Labute approximate surface area is 784 Å². The van der Waals surface area contributed by atoms with Crippen molar-refractivity contribution in [3.05, 3.63) is 485 Å². The van der Waals surface area contributed by atoms with Crippen molar-refractivity contribution in [3.63, 3.8) is 0 Å². The van der Waals surface area contributed by atoms with Crippen LogP contribution in [0.3, 0.4) is 0 Å². The standard InChI is InChI=1S/2C63H40N4O/c1-6-19-41(20-7-1)48-35-33-45(39-54(48)42-21-8-2-9-22-42)46-34-36-49(55(40-46)63-65-61(43-23-10-3-11-24-43)64-62(66-63)44-25-12-4-13-26-44)52-30-18-31-53-58-57(68-60(52)53)38-37-51-50-29-16-17-32-56(50)67(59(51)58)47-27-14-5-15-28-47;1-6-18-41(19-7-1)49-33-30-45(38-54(49)42-20-8-2-9-21-42)46-31-34-50(55(39-46)63-65-61(43-22-10-3-11-23-43)64-62(66-63)44-24-12-4-13-25-44)47-32-35-53-58(40-47)68-57-37-36-52-51-28-16-17-29-56(51)67(60(52)59(53)57)48-26-14-5-15-27-48/h2*1-40H. The first-order valence-corrected chi connectivity index (χ1v) is 45.9. The molecule has 0 radical (unpaired) electrons. The van der Waals surface area contributed by atoms with E-state index in [1.807, 2.05) is 97.1 Å².